The molecule has 0 atom stereocenters. The lowest BCUT2D eigenvalue weighted by molar-refractivity contribution is 0.0366. The highest BCUT2D eigenvalue weighted by atomic mass is 16.5. The van der Waals surface area contributed by atoms with Gasteiger partial charge in [0.1, 0.15) is 0 Å². The zero-order valence-corrected chi connectivity index (χ0v) is 18.7. The molecule has 0 saturated carbocycles. The number of hydrogen-bond acceptors (Lipinski definition) is 6. The summed E-state index contributed by atoms with van der Waals surface area (Å²) in [5, 5.41) is 3.00. The van der Waals surface area contributed by atoms with Gasteiger partial charge in [-0.1, -0.05) is 12.1 Å². The van der Waals surface area contributed by atoms with E-state index in [2.05, 4.69) is 19.8 Å². The van der Waals surface area contributed by atoms with Gasteiger partial charge >= 0.3 is 0 Å². The largest absolute Gasteiger partial charge is 0.490 e. The SMILES string of the molecule is CCOc1ccc(C(=O)Nc2nc3ccccc3n2CCN2CCOCC2)cc1OCC. The van der Waals surface area contributed by atoms with Gasteiger partial charge in [-0.3, -0.25) is 15.0 Å². The fourth-order valence-electron chi connectivity index (χ4n) is 3.83. The minimum atomic E-state index is -0.239. The molecule has 8 nitrogen and oxygen atoms in total. The first kappa shape index (κ1) is 22.1. The number of carbonyl (C=O) groups is 1. The standard InChI is InChI=1S/C24H30N4O4/c1-3-31-21-10-9-18(17-22(21)32-4-2)23(29)26-24-25-19-7-5-6-8-20(19)28(24)12-11-27-13-15-30-16-14-27/h5-10,17H,3-4,11-16H2,1-2H3,(H,25,26,29). The van der Waals surface area contributed by atoms with Crippen LogP contribution in [0.15, 0.2) is 42.5 Å². The van der Waals surface area contributed by atoms with Crippen LogP contribution in [-0.2, 0) is 11.3 Å². The smallest absolute Gasteiger partial charge is 0.258 e. The van der Waals surface area contributed by atoms with Gasteiger partial charge in [0.25, 0.3) is 5.91 Å². The Morgan fingerprint density at radius 1 is 1.03 bits per heavy atom. The van der Waals surface area contributed by atoms with Crippen LogP contribution in [0.4, 0.5) is 5.95 Å². The second-order valence-corrected chi connectivity index (χ2v) is 7.51. The molecule has 1 saturated heterocycles. The van der Waals surface area contributed by atoms with Crippen molar-refractivity contribution < 1.29 is 19.0 Å². The molecule has 0 aliphatic carbocycles. The molecule has 2 aromatic carbocycles. The van der Waals surface area contributed by atoms with E-state index in [-0.39, 0.29) is 5.91 Å². The van der Waals surface area contributed by atoms with Gasteiger partial charge in [0.15, 0.2) is 11.5 Å². The predicted molar refractivity (Wildman–Crippen MR) is 124 cm³/mol. The minimum absolute atomic E-state index is 0.239. The molecular weight excluding hydrogens is 408 g/mol. The topological polar surface area (TPSA) is 77.9 Å². The highest BCUT2D eigenvalue weighted by molar-refractivity contribution is 6.04. The average molecular weight is 439 g/mol. The van der Waals surface area contributed by atoms with E-state index in [1.165, 1.54) is 0 Å². The fourth-order valence-corrected chi connectivity index (χ4v) is 3.83. The molecule has 0 bridgehead atoms. The maximum absolute atomic E-state index is 13.1. The number of carbonyl (C=O) groups excluding carboxylic acids is 1. The Bertz CT molecular complexity index is 1060. The Labute approximate surface area is 188 Å². The monoisotopic (exact) mass is 438 g/mol. The average Bonchev–Trinajstić information content (AvgIpc) is 3.16. The molecule has 3 aromatic rings. The Morgan fingerprint density at radius 3 is 2.56 bits per heavy atom. The summed E-state index contributed by atoms with van der Waals surface area (Å²) >= 11 is 0. The van der Waals surface area contributed by atoms with Crippen LogP contribution >= 0.6 is 0 Å². The number of fused-ring (bicyclic) bond motifs is 1. The molecule has 4 rings (SSSR count). The summed E-state index contributed by atoms with van der Waals surface area (Å²) in [7, 11) is 0. The van der Waals surface area contributed by atoms with Crippen molar-refractivity contribution in [1.29, 1.82) is 0 Å². The maximum atomic E-state index is 13.1. The van der Waals surface area contributed by atoms with Crippen LogP contribution in [0.3, 0.4) is 0 Å². The zero-order chi connectivity index (χ0) is 22.3. The number of benzene rings is 2. The van der Waals surface area contributed by atoms with Gasteiger partial charge in [0.05, 0.1) is 37.5 Å². The van der Waals surface area contributed by atoms with Crippen LogP contribution in [0.2, 0.25) is 0 Å². The maximum Gasteiger partial charge on any atom is 0.258 e. The van der Waals surface area contributed by atoms with Gasteiger partial charge in [-0.15, -0.1) is 0 Å². The molecule has 0 unspecified atom stereocenters. The molecule has 1 amide bonds. The Kier molecular flexibility index (Phi) is 7.24. The number of rotatable bonds is 9. The Morgan fingerprint density at radius 2 is 1.78 bits per heavy atom. The molecule has 1 aliphatic heterocycles. The van der Waals surface area contributed by atoms with Gasteiger partial charge in [-0.2, -0.15) is 0 Å². The van der Waals surface area contributed by atoms with Crippen molar-refractivity contribution in [2.24, 2.45) is 0 Å². The molecule has 1 aliphatic rings. The van der Waals surface area contributed by atoms with E-state index in [1.807, 2.05) is 38.1 Å². The number of nitrogens with zero attached hydrogens (tertiary/aromatic N) is 3. The number of para-hydroxylation sites is 2. The summed E-state index contributed by atoms with van der Waals surface area (Å²) < 4.78 is 18.8. The van der Waals surface area contributed by atoms with Gasteiger partial charge in [0, 0.05) is 31.7 Å². The lowest BCUT2D eigenvalue weighted by Gasteiger charge is -2.26. The molecule has 1 fully saturated rings. The molecule has 1 aromatic heterocycles. The van der Waals surface area contributed by atoms with Crippen molar-refractivity contribution in [3.05, 3.63) is 48.0 Å². The van der Waals surface area contributed by atoms with Crippen molar-refractivity contribution in [2.75, 3.05) is 51.4 Å². The highest BCUT2D eigenvalue weighted by Crippen LogP contribution is 2.29. The van der Waals surface area contributed by atoms with Crippen LogP contribution in [0.5, 0.6) is 11.5 Å². The molecule has 170 valence electrons. The van der Waals surface area contributed by atoms with E-state index < -0.39 is 0 Å². The molecular formula is C24H30N4O4. The summed E-state index contributed by atoms with van der Waals surface area (Å²) in [6, 6.07) is 13.1. The van der Waals surface area contributed by atoms with Crippen LogP contribution in [0, 0.1) is 0 Å². The van der Waals surface area contributed by atoms with Crippen LogP contribution in [0.25, 0.3) is 11.0 Å². The summed E-state index contributed by atoms with van der Waals surface area (Å²) in [6.07, 6.45) is 0. The first-order valence-corrected chi connectivity index (χ1v) is 11.2. The predicted octanol–water partition coefficient (Wildman–Crippen LogP) is 3.42. The van der Waals surface area contributed by atoms with E-state index in [9.17, 15) is 4.79 Å². The molecule has 1 N–H and O–H groups in total. The Balaban J connectivity index is 1.56. The van der Waals surface area contributed by atoms with Gasteiger partial charge in [-0.25, -0.2) is 4.98 Å². The number of amides is 1. The number of morpholine rings is 1. The van der Waals surface area contributed by atoms with E-state index in [4.69, 9.17) is 14.2 Å². The zero-order valence-electron chi connectivity index (χ0n) is 18.7. The Hall–Kier alpha value is -3.10. The second kappa shape index (κ2) is 10.5. The van der Waals surface area contributed by atoms with Gasteiger partial charge < -0.3 is 18.8 Å². The van der Waals surface area contributed by atoms with E-state index >= 15 is 0 Å². The molecule has 0 radical (unpaired) electrons. The second-order valence-electron chi connectivity index (χ2n) is 7.51. The third-order valence-electron chi connectivity index (χ3n) is 5.43. The normalized spacial score (nSPS) is 14.4. The van der Waals surface area contributed by atoms with Gasteiger partial charge in [0.2, 0.25) is 5.95 Å². The molecule has 32 heavy (non-hydrogen) atoms. The van der Waals surface area contributed by atoms with Crippen LogP contribution in [0.1, 0.15) is 24.2 Å². The lowest BCUT2D eigenvalue weighted by Crippen LogP contribution is -2.38. The van der Waals surface area contributed by atoms with Crippen molar-refractivity contribution >= 4 is 22.9 Å². The molecule has 0 spiro atoms. The van der Waals surface area contributed by atoms with Crippen molar-refractivity contribution in [3.63, 3.8) is 0 Å². The number of imidazole rings is 1. The van der Waals surface area contributed by atoms with Crippen molar-refractivity contribution in [1.82, 2.24) is 14.5 Å². The summed E-state index contributed by atoms with van der Waals surface area (Å²) in [6.45, 7) is 9.77. The molecule has 2 heterocycles. The highest BCUT2D eigenvalue weighted by Gasteiger charge is 2.18. The lowest BCUT2D eigenvalue weighted by atomic mass is 10.2. The van der Waals surface area contributed by atoms with Gasteiger partial charge in [-0.05, 0) is 44.2 Å². The van der Waals surface area contributed by atoms with Crippen molar-refractivity contribution in [2.45, 2.75) is 20.4 Å². The van der Waals surface area contributed by atoms with Crippen molar-refractivity contribution in [3.8, 4) is 11.5 Å². The number of anilines is 1. The van der Waals surface area contributed by atoms with E-state index in [1.54, 1.807) is 18.2 Å². The van der Waals surface area contributed by atoms with Crippen LogP contribution in [-0.4, -0.2) is 66.4 Å². The first-order chi connectivity index (χ1) is 15.7. The third kappa shape index (κ3) is 5.03. The van der Waals surface area contributed by atoms with Crippen LogP contribution < -0.4 is 14.8 Å². The first-order valence-electron chi connectivity index (χ1n) is 11.2. The van der Waals surface area contributed by atoms with E-state index in [0.717, 1.165) is 50.4 Å². The number of hydrogen-bond donors (Lipinski definition) is 1. The quantitative estimate of drug-likeness (QED) is 0.552. The summed E-state index contributed by atoms with van der Waals surface area (Å²) in [4.78, 5) is 20.1. The summed E-state index contributed by atoms with van der Waals surface area (Å²) in [5.41, 5.74) is 2.34. The number of ether oxygens (including phenoxy) is 3. The fraction of sp³-hybridized carbons (Fsp3) is 0.417. The number of aromatic nitrogens is 2. The van der Waals surface area contributed by atoms with E-state index in [0.29, 0.717) is 36.2 Å². The third-order valence-corrected chi connectivity index (χ3v) is 5.43. The molecule has 8 heteroatoms. The number of nitrogens with one attached hydrogen (secondary N) is 1. The minimum Gasteiger partial charge on any atom is -0.490 e. The summed E-state index contributed by atoms with van der Waals surface area (Å²) in [5.74, 6) is 1.49.